The molecule has 2 N–H and O–H groups in total. The summed E-state index contributed by atoms with van der Waals surface area (Å²) < 4.78 is 38.8. The molecule has 0 radical (unpaired) electrons. The average Bonchev–Trinajstić information content (AvgIpc) is 2.60. The Kier molecular flexibility index (Phi) is 7.50. The zero-order valence-corrected chi connectivity index (χ0v) is 16.3. The zero-order chi connectivity index (χ0) is 19.9. The largest absolute Gasteiger partial charge is 0.354 e. The van der Waals surface area contributed by atoms with E-state index in [0.29, 0.717) is 5.56 Å². The van der Waals surface area contributed by atoms with Gasteiger partial charge in [-0.2, -0.15) is 0 Å². The summed E-state index contributed by atoms with van der Waals surface area (Å²) in [5.74, 6) is -0.683. The molecule has 2 atom stereocenters. The molecule has 2 aromatic carbocycles. The second-order valence-corrected chi connectivity index (χ2v) is 8.47. The first kappa shape index (κ1) is 21.1. The lowest BCUT2D eigenvalue weighted by atomic mass is 10.0. The molecule has 1 amide bonds. The molecule has 0 aromatic heterocycles. The van der Waals surface area contributed by atoms with Crippen LogP contribution < -0.4 is 10.0 Å². The quantitative estimate of drug-likeness (QED) is 0.689. The Balaban J connectivity index is 1.95. The van der Waals surface area contributed by atoms with Gasteiger partial charge in [0.2, 0.25) is 15.9 Å². The van der Waals surface area contributed by atoms with E-state index in [2.05, 4.69) is 10.0 Å². The highest BCUT2D eigenvalue weighted by molar-refractivity contribution is 7.88. The highest BCUT2D eigenvalue weighted by Crippen LogP contribution is 2.18. The van der Waals surface area contributed by atoms with Crippen molar-refractivity contribution in [2.45, 2.75) is 38.3 Å². The smallest absolute Gasteiger partial charge is 0.222 e. The Labute approximate surface area is 160 Å². The third kappa shape index (κ3) is 7.88. The molecule has 0 fully saturated rings. The molecule has 0 bridgehead atoms. The molecule has 2 aromatic rings. The first-order valence-electron chi connectivity index (χ1n) is 8.79. The number of halogens is 1. The summed E-state index contributed by atoms with van der Waals surface area (Å²) in [6.45, 7) is 1.91. The summed E-state index contributed by atoms with van der Waals surface area (Å²) >= 11 is 0. The van der Waals surface area contributed by atoms with Crippen LogP contribution >= 0.6 is 0 Å². The minimum absolute atomic E-state index is 0.0511. The maximum absolute atomic E-state index is 13.1. The molecule has 0 spiro atoms. The molecule has 0 aliphatic rings. The molecule has 2 rings (SSSR count). The standard InChI is InChI=1S/C20H25FN2O3S/c1-15(8-9-16-6-4-3-5-7-16)22-20(24)14-19(23-27(2,25)26)17-10-12-18(21)13-11-17/h3-7,10-13,15,19,23H,8-9,14H2,1-2H3,(H,22,24)/t15-,19-/m0/s1. The molecular weight excluding hydrogens is 367 g/mol. The van der Waals surface area contributed by atoms with Crippen LogP contribution in [0.5, 0.6) is 0 Å². The van der Waals surface area contributed by atoms with Gasteiger partial charge in [0.15, 0.2) is 0 Å². The highest BCUT2D eigenvalue weighted by atomic mass is 32.2. The fraction of sp³-hybridized carbons (Fsp3) is 0.350. The van der Waals surface area contributed by atoms with Crippen LogP contribution in [0.2, 0.25) is 0 Å². The lowest BCUT2D eigenvalue weighted by Gasteiger charge is -2.20. The normalized spacial score (nSPS) is 13.7. The molecule has 0 aliphatic carbocycles. The zero-order valence-electron chi connectivity index (χ0n) is 15.5. The fourth-order valence-electron chi connectivity index (χ4n) is 2.80. The van der Waals surface area contributed by atoms with Crippen molar-refractivity contribution in [3.05, 3.63) is 71.5 Å². The van der Waals surface area contributed by atoms with Crippen LogP contribution in [0.3, 0.4) is 0 Å². The van der Waals surface area contributed by atoms with Gasteiger partial charge in [0, 0.05) is 12.5 Å². The Morgan fingerprint density at radius 2 is 1.70 bits per heavy atom. The number of sulfonamides is 1. The first-order valence-corrected chi connectivity index (χ1v) is 10.7. The summed E-state index contributed by atoms with van der Waals surface area (Å²) in [6.07, 6.45) is 2.58. The van der Waals surface area contributed by atoms with Crippen molar-refractivity contribution in [3.8, 4) is 0 Å². The molecule has 146 valence electrons. The summed E-state index contributed by atoms with van der Waals surface area (Å²) in [7, 11) is -3.53. The van der Waals surface area contributed by atoms with Crippen molar-refractivity contribution in [2.24, 2.45) is 0 Å². The maximum Gasteiger partial charge on any atom is 0.222 e. The number of rotatable bonds is 9. The van der Waals surface area contributed by atoms with Gasteiger partial charge in [0.1, 0.15) is 5.82 Å². The van der Waals surface area contributed by atoms with Gasteiger partial charge in [-0.05, 0) is 43.0 Å². The van der Waals surface area contributed by atoms with Gasteiger partial charge in [0.25, 0.3) is 0 Å². The SMILES string of the molecule is C[C@@H](CCc1ccccc1)NC(=O)C[C@H](NS(C)(=O)=O)c1ccc(F)cc1. The van der Waals surface area contributed by atoms with E-state index in [-0.39, 0.29) is 18.4 Å². The minimum atomic E-state index is -3.53. The number of benzene rings is 2. The number of hydrogen-bond donors (Lipinski definition) is 2. The van der Waals surface area contributed by atoms with Crippen LogP contribution in [-0.4, -0.2) is 26.6 Å². The summed E-state index contributed by atoms with van der Waals surface area (Å²) in [5, 5.41) is 2.90. The third-order valence-electron chi connectivity index (χ3n) is 4.13. The van der Waals surface area contributed by atoms with Crippen molar-refractivity contribution >= 4 is 15.9 Å². The molecule has 0 aliphatic heterocycles. The highest BCUT2D eigenvalue weighted by Gasteiger charge is 2.20. The number of aryl methyl sites for hydroxylation is 1. The minimum Gasteiger partial charge on any atom is -0.354 e. The Morgan fingerprint density at radius 3 is 2.30 bits per heavy atom. The topological polar surface area (TPSA) is 75.3 Å². The Bertz CT molecular complexity index is 839. The monoisotopic (exact) mass is 392 g/mol. The number of carbonyl (C=O) groups excluding carboxylic acids is 1. The van der Waals surface area contributed by atoms with Gasteiger partial charge in [0.05, 0.1) is 12.3 Å². The van der Waals surface area contributed by atoms with E-state index in [9.17, 15) is 17.6 Å². The molecule has 0 saturated heterocycles. The van der Waals surface area contributed by atoms with Crippen LogP contribution in [0.4, 0.5) is 4.39 Å². The van der Waals surface area contributed by atoms with Gasteiger partial charge >= 0.3 is 0 Å². The maximum atomic E-state index is 13.1. The van der Waals surface area contributed by atoms with Gasteiger partial charge in [-0.25, -0.2) is 17.5 Å². The van der Waals surface area contributed by atoms with Crippen LogP contribution in [-0.2, 0) is 21.2 Å². The Morgan fingerprint density at radius 1 is 1.07 bits per heavy atom. The molecule has 0 heterocycles. The molecule has 5 nitrogen and oxygen atoms in total. The van der Waals surface area contributed by atoms with E-state index in [1.807, 2.05) is 37.3 Å². The lowest BCUT2D eigenvalue weighted by molar-refractivity contribution is -0.122. The van der Waals surface area contributed by atoms with Gasteiger partial charge in [-0.3, -0.25) is 4.79 Å². The van der Waals surface area contributed by atoms with E-state index in [1.165, 1.54) is 29.8 Å². The van der Waals surface area contributed by atoms with Crippen LogP contribution in [0, 0.1) is 5.82 Å². The van der Waals surface area contributed by atoms with E-state index in [0.717, 1.165) is 19.1 Å². The van der Waals surface area contributed by atoms with E-state index < -0.39 is 21.9 Å². The molecule has 7 heteroatoms. The molecule has 27 heavy (non-hydrogen) atoms. The van der Waals surface area contributed by atoms with Crippen molar-refractivity contribution in [2.75, 3.05) is 6.26 Å². The number of nitrogens with one attached hydrogen (secondary N) is 2. The second kappa shape index (κ2) is 9.62. The van der Waals surface area contributed by atoms with Gasteiger partial charge in [-0.15, -0.1) is 0 Å². The molecular formula is C20H25FN2O3S. The van der Waals surface area contributed by atoms with Crippen molar-refractivity contribution in [1.82, 2.24) is 10.0 Å². The number of hydrogen-bond acceptors (Lipinski definition) is 3. The van der Waals surface area contributed by atoms with Crippen molar-refractivity contribution in [3.63, 3.8) is 0 Å². The summed E-state index contributed by atoms with van der Waals surface area (Å²) in [5.41, 5.74) is 1.73. The predicted octanol–water partition coefficient (Wildman–Crippen LogP) is 2.94. The first-order chi connectivity index (χ1) is 12.7. The Hall–Kier alpha value is -2.25. The molecule has 0 unspecified atom stereocenters. The number of carbonyl (C=O) groups is 1. The van der Waals surface area contributed by atoms with Crippen molar-refractivity contribution in [1.29, 1.82) is 0 Å². The lowest BCUT2D eigenvalue weighted by Crippen LogP contribution is -2.37. The van der Waals surface area contributed by atoms with Crippen LogP contribution in [0.1, 0.15) is 36.9 Å². The van der Waals surface area contributed by atoms with E-state index >= 15 is 0 Å². The van der Waals surface area contributed by atoms with Crippen LogP contribution in [0.15, 0.2) is 54.6 Å². The van der Waals surface area contributed by atoms with Crippen LogP contribution in [0.25, 0.3) is 0 Å². The predicted molar refractivity (Wildman–Crippen MR) is 104 cm³/mol. The van der Waals surface area contributed by atoms with Gasteiger partial charge < -0.3 is 5.32 Å². The summed E-state index contributed by atoms with van der Waals surface area (Å²) in [4.78, 5) is 12.4. The third-order valence-corrected chi connectivity index (χ3v) is 4.85. The van der Waals surface area contributed by atoms with E-state index in [4.69, 9.17) is 0 Å². The van der Waals surface area contributed by atoms with Gasteiger partial charge in [-0.1, -0.05) is 42.5 Å². The number of amides is 1. The van der Waals surface area contributed by atoms with Crippen molar-refractivity contribution < 1.29 is 17.6 Å². The van der Waals surface area contributed by atoms with E-state index in [1.54, 1.807) is 0 Å². The fourth-order valence-corrected chi connectivity index (χ4v) is 3.54. The second-order valence-electron chi connectivity index (χ2n) is 6.69. The molecule has 0 saturated carbocycles. The average molecular weight is 392 g/mol. The summed E-state index contributed by atoms with van der Waals surface area (Å²) in [6, 6.07) is 14.6.